The average Bonchev–Trinajstić information content (AvgIpc) is 3.52. The number of ether oxygens (including phenoxy) is 1. The van der Waals surface area contributed by atoms with E-state index in [0.717, 1.165) is 30.4 Å². The second kappa shape index (κ2) is 17.3. The van der Waals surface area contributed by atoms with Crippen LogP contribution in [0.4, 0.5) is 4.79 Å². The lowest BCUT2D eigenvalue weighted by atomic mass is 9.93. The Morgan fingerprint density at radius 2 is 1.43 bits per heavy atom. The topological polar surface area (TPSA) is 120 Å². The van der Waals surface area contributed by atoms with E-state index in [-0.39, 0.29) is 29.1 Å². The van der Waals surface area contributed by atoms with Gasteiger partial charge in [-0.3, -0.25) is 14.8 Å². The lowest BCUT2D eigenvalue weighted by Crippen LogP contribution is -2.54. The highest BCUT2D eigenvalue weighted by Crippen LogP contribution is 2.46. The summed E-state index contributed by atoms with van der Waals surface area (Å²) in [6.45, 7) is 6.94. The number of aliphatic imine (C=N–C) groups is 1. The van der Waals surface area contributed by atoms with Gasteiger partial charge < -0.3 is 9.64 Å². The first-order valence-corrected chi connectivity index (χ1v) is 21.9. The van der Waals surface area contributed by atoms with Crippen LogP contribution in [0.1, 0.15) is 60.5 Å². The summed E-state index contributed by atoms with van der Waals surface area (Å²) in [6, 6.07) is 16.5. The Hall–Kier alpha value is -2.91. The Balaban J connectivity index is 0.00000541. The van der Waals surface area contributed by atoms with Crippen molar-refractivity contribution in [1.82, 2.24) is 19.0 Å². The SMILES string of the molecule is CCOc1cc(C)c(S(=O)(=O)N2CCCCC2)cc1C1=N[C@@H](c2ccc(Cl)cc2)[C@@H](c2ccc(Cl)cc2)N1C(=O)N1CCN(CCS(C)(=O)=O)CC1.Cl. The molecule has 0 unspecified atom stereocenters. The first kappa shape index (κ1) is 41.3. The minimum absolute atomic E-state index is 0. The molecule has 0 aromatic heterocycles. The molecule has 3 aliphatic rings. The Kier molecular flexibility index (Phi) is 13.4. The molecule has 0 N–H and O–H groups in total. The number of piperazine rings is 1. The maximum atomic E-state index is 15.0. The Labute approximate surface area is 329 Å². The molecule has 2 atom stereocenters. The maximum Gasteiger partial charge on any atom is 0.326 e. The molecule has 53 heavy (non-hydrogen) atoms. The third kappa shape index (κ3) is 9.32. The molecule has 3 aromatic carbocycles. The molecule has 288 valence electrons. The molecule has 16 heteroatoms. The largest absolute Gasteiger partial charge is 0.493 e. The second-order valence-electron chi connectivity index (χ2n) is 13.6. The third-order valence-electron chi connectivity index (χ3n) is 9.87. The average molecular weight is 827 g/mol. The van der Waals surface area contributed by atoms with Crippen molar-refractivity contribution < 1.29 is 26.4 Å². The van der Waals surface area contributed by atoms with Gasteiger partial charge in [0, 0.05) is 62.1 Å². The van der Waals surface area contributed by atoms with Crippen molar-refractivity contribution in [2.45, 2.75) is 50.1 Å². The zero-order chi connectivity index (χ0) is 37.2. The van der Waals surface area contributed by atoms with Crippen LogP contribution in [-0.2, 0) is 19.9 Å². The third-order valence-corrected chi connectivity index (χ3v) is 13.3. The number of benzene rings is 3. The number of hydrogen-bond donors (Lipinski definition) is 0. The maximum absolute atomic E-state index is 15.0. The summed E-state index contributed by atoms with van der Waals surface area (Å²) in [5, 5.41) is 1.10. The van der Waals surface area contributed by atoms with E-state index >= 15 is 0 Å². The normalized spacial score (nSPS) is 20.2. The van der Waals surface area contributed by atoms with Gasteiger partial charge in [-0.25, -0.2) is 21.6 Å². The number of sulfone groups is 1. The van der Waals surface area contributed by atoms with Crippen molar-refractivity contribution in [1.29, 1.82) is 0 Å². The van der Waals surface area contributed by atoms with Crippen LogP contribution in [0.3, 0.4) is 0 Å². The molecular formula is C37H46Cl3N5O6S2. The van der Waals surface area contributed by atoms with Crippen LogP contribution in [0, 0.1) is 6.92 Å². The summed E-state index contributed by atoms with van der Waals surface area (Å²) in [5.41, 5.74) is 2.55. The number of urea groups is 1. The van der Waals surface area contributed by atoms with Gasteiger partial charge in [0.15, 0.2) is 0 Å². The summed E-state index contributed by atoms with van der Waals surface area (Å²) in [4.78, 5) is 25.9. The number of rotatable bonds is 10. The Morgan fingerprint density at radius 1 is 0.849 bits per heavy atom. The van der Waals surface area contributed by atoms with E-state index in [4.69, 9.17) is 32.9 Å². The molecule has 6 rings (SSSR count). The highest BCUT2D eigenvalue weighted by Gasteiger charge is 2.45. The summed E-state index contributed by atoms with van der Waals surface area (Å²) in [6.07, 6.45) is 3.80. The van der Waals surface area contributed by atoms with Gasteiger partial charge in [-0.05, 0) is 79.8 Å². The number of hydrogen-bond acceptors (Lipinski definition) is 8. The van der Waals surface area contributed by atoms with Crippen molar-refractivity contribution in [3.05, 3.63) is 93.0 Å². The van der Waals surface area contributed by atoms with Crippen molar-refractivity contribution in [3.63, 3.8) is 0 Å². The van der Waals surface area contributed by atoms with Crippen LogP contribution in [-0.4, -0.2) is 112 Å². The van der Waals surface area contributed by atoms with E-state index in [1.165, 1.54) is 6.26 Å². The van der Waals surface area contributed by atoms with Crippen molar-refractivity contribution in [2.24, 2.45) is 4.99 Å². The molecule has 2 amide bonds. The van der Waals surface area contributed by atoms with Crippen molar-refractivity contribution in [3.8, 4) is 5.75 Å². The van der Waals surface area contributed by atoms with E-state index in [9.17, 15) is 21.6 Å². The fourth-order valence-corrected chi connectivity index (χ4v) is 9.69. The molecule has 2 fully saturated rings. The van der Waals surface area contributed by atoms with Gasteiger partial charge in [0.2, 0.25) is 10.0 Å². The quantitative estimate of drug-likeness (QED) is 0.225. The van der Waals surface area contributed by atoms with E-state index in [0.29, 0.717) is 85.2 Å². The standard InChI is InChI=1S/C37H45Cl2N5O6S2.ClH/c1-4-50-32-24-26(2)33(52(48,49)43-16-6-5-7-17-43)25-31(32)36-40-34(27-8-12-29(38)13-9-27)35(28-10-14-30(39)15-11-28)44(36)37(45)42-20-18-41(19-21-42)22-23-51(3,46)47;/h8-15,24-25,34-35H,4-7,16-23H2,1-3H3;1H/t34-,35+;/m0./s1. The van der Waals surface area contributed by atoms with E-state index in [1.807, 2.05) is 36.1 Å². The second-order valence-corrected chi connectivity index (χ2v) is 18.6. The summed E-state index contributed by atoms with van der Waals surface area (Å²) in [5.74, 6) is 0.760. The number of nitrogens with zero attached hydrogens (tertiary/aromatic N) is 5. The van der Waals surface area contributed by atoms with Gasteiger partial charge >= 0.3 is 6.03 Å². The molecule has 11 nitrogen and oxygen atoms in total. The molecule has 3 aromatic rings. The van der Waals surface area contributed by atoms with Gasteiger partial charge in [0.1, 0.15) is 27.5 Å². The molecule has 3 aliphatic heterocycles. The van der Waals surface area contributed by atoms with E-state index < -0.39 is 31.9 Å². The number of halogens is 3. The molecule has 0 saturated carbocycles. The molecule has 3 heterocycles. The first-order valence-electron chi connectivity index (χ1n) is 17.6. The van der Waals surface area contributed by atoms with Crippen molar-refractivity contribution in [2.75, 3.05) is 64.4 Å². The number of sulfonamides is 1. The highest BCUT2D eigenvalue weighted by molar-refractivity contribution is 7.90. The summed E-state index contributed by atoms with van der Waals surface area (Å²) in [7, 11) is -7.00. The molecule has 2 saturated heterocycles. The van der Waals surface area contributed by atoms with Crippen molar-refractivity contribution >= 4 is 67.3 Å². The zero-order valence-corrected chi connectivity index (χ0v) is 34.0. The minimum Gasteiger partial charge on any atom is -0.493 e. The van der Waals surface area contributed by atoms with E-state index in [1.54, 1.807) is 57.4 Å². The first-order chi connectivity index (χ1) is 24.8. The van der Waals surface area contributed by atoms with Crippen LogP contribution in [0.5, 0.6) is 5.75 Å². The summed E-state index contributed by atoms with van der Waals surface area (Å²) < 4.78 is 59.7. The molecule has 0 bridgehead atoms. The number of carbonyl (C=O) groups excluding carboxylic acids is 1. The van der Waals surface area contributed by atoms with Gasteiger partial charge in [-0.15, -0.1) is 12.4 Å². The monoisotopic (exact) mass is 825 g/mol. The summed E-state index contributed by atoms with van der Waals surface area (Å²) >= 11 is 12.7. The lowest BCUT2D eigenvalue weighted by molar-refractivity contribution is 0.122. The predicted octanol–water partition coefficient (Wildman–Crippen LogP) is 6.62. The number of amidine groups is 1. The van der Waals surface area contributed by atoms with Crippen LogP contribution in [0.2, 0.25) is 10.0 Å². The smallest absolute Gasteiger partial charge is 0.326 e. The fraction of sp³-hybridized carbons (Fsp3) is 0.459. The van der Waals surface area contributed by atoms with Crippen LogP contribution < -0.4 is 4.74 Å². The number of aryl methyl sites for hydroxylation is 1. The molecule has 0 spiro atoms. The zero-order valence-electron chi connectivity index (χ0n) is 30.1. The molecule has 0 aliphatic carbocycles. The highest BCUT2D eigenvalue weighted by atomic mass is 35.5. The number of piperidine rings is 1. The Morgan fingerprint density at radius 3 is 2.00 bits per heavy atom. The van der Waals surface area contributed by atoms with E-state index in [2.05, 4.69) is 0 Å². The fourth-order valence-electron chi connectivity index (χ4n) is 7.10. The predicted molar refractivity (Wildman–Crippen MR) is 212 cm³/mol. The minimum atomic E-state index is -3.87. The van der Waals surface area contributed by atoms with Crippen LogP contribution in [0.25, 0.3) is 0 Å². The molecule has 0 radical (unpaired) electrons. The lowest BCUT2D eigenvalue weighted by Gasteiger charge is -2.39. The number of amides is 2. The number of carbonyl (C=O) groups is 1. The molecular weight excluding hydrogens is 781 g/mol. The van der Waals surface area contributed by atoms with Gasteiger partial charge in [0.05, 0.1) is 28.9 Å². The van der Waals surface area contributed by atoms with Gasteiger partial charge in [-0.2, -0.15) is 4.31 Å². The van der Waals surface area contributed by atoms with Gasteiger partial charge in [0.25, 0.3) is 0 Å². The Bertz CT molecular complexity index is 2020. The van der Waals surface area contributed by atoms with Gasteiger partial charge in [-0.1, -0.05) is 53.9 Å². The van der Waals surface area contributed by atoms with Crippen LogP contribution >= 0.6 is 35.6 Å². The van der Waals surface area contributed by atoms with Crippen LogP contribution in [0.15, 0.2) is 70.6 Å².